The minimum Gasteiger partial charge on any atom is -0.379 e. The molecule has 1 aliphatic carbocycles. The lowest BCUT2D eigenvalue weighted by Crippen LogP contribution is -2.57. The molecule has 0 aromatic carbocycles. The molecule has 1 unspecified atom stereocenters. The van der Waals surface area contributed by atoms with Crippen LogP contribution in [-0.2, 0) is 11.3 Å². The third kappa shape index (κ3) is 2.28. The Morgan fingerprint density at radius 2 is 2.05 bits per heavy atom. The Bertz CT molecular complexity index is 433. The second kappa shape index (κ2) is 5.84. The first-order chi connectivity index (χ1) is 9.78. The summed E-state index contributed by atoms with van der Waals surface area (Å²) in [7, 11) is 0. The zero-order valence-electron chi connectivity index (χ0n) is 12.4. The molecular weight excluding hydrogens is 252 g/mol. The second-order valence-electron chi connectivity index (χ2n) is 5.96. The van der Waals surface area contributed by atoms with Gasteiger partial charge in [0.15, 0.2) is 0 Å². The van der Waals surface area contributed by atoms with E-state index in [4.69, 9.17) is 10.5 Å². The molecule has 1 saturated carbocycles. The zero-order chi connectivity index (χ0) is 14.0. The fourth-order valence-electron chi connectivity index (χ4n) is 3.93. The molecule has 5 nitrogen and oxygen atoms in total. The minimum absolute atomic E-state index is 0.00181. The van der Waals surface area contributed by atoms with Gasteiger partial charge >= 0.3 is 0 Å². The first-order valence-corrected chi connectivity index (χ1v) is 7.87. The van der Waals surface area contributed by atoms with Crippen molar-refractivity contribution in [1.29, 1.82) is 0 Å². The van der Waals surface area contributed by atoms with Gasteiger partial charge in [-0.05, 0) is 19.8 Å². The Hall–Kier alpha value is -0.910. The van der Waals surface area contributed by atoms with Crippen LogP contribution in [0.15, 0.2) is 12.4 Å². The molecule has 2 fully saturated rings. The monoisotopic (exact) mass is 278 g/mol. The van der Waals surface area contributed by atoms with Gasteiger partial charge in [-0.3, -0.25) is 4.90 Å². The quantitative estimate of drug-likeness (QED) is 0.908. The highest BCUT2D eigenvalue weighted by Gasteiger charge is 2.46. The van der Waals surface area contributed by atoms with Crippen molar-refractivity contribution in [2.24, 2.45) is 5.73 Å². The number of aryl methyl sites for hydroxylation is 1. The topological polar surface area (TPSA) is 56.3 Å². The second-order valence-corrected chi connectivity index (χ2v) is 5.96. The summed E-state index contributed by atoms with van der Waals surface area (Å²) in [4.78, 5) is 7.12. The number of rotatable bonds is 4. The molecule has 1 aromatic rings. The van der Waals surface area contributed by atoms with E-state index in [0.29, 0.717) is 0 Å². The first kappa shape index (κ1) is 14.0. The van der Waals surface area contributed by atoms with Crippen LogP contribution in [0.5, 0.6) is 0 Å². The summed E-state index contributed by atoms with van der Waals surface area (Å²) in [5.41, 5.74) is 6.81. The fraction of sp³-hybridized carbons (Fsp3) is 0.800. The van der Waals surface area contributed by atoms with E-state index in [1.54, 1.807) is 0 Å². The predicted molar refractivity (Wildman–Crippen MR) is 78.4 cm³/mol. The molecule has 2 heterocycles. The van der Waals surface area contributed by atoms with Gasteiger partial charge in [0.1, 0.15) is 5.82 Å². The maximum absolute atomic E-state index is 6.72. The minimum atomic E-state index is -0.00181. The molecular formula is C15H26N4O. The van der Waals surface area contributed by atoms with E-state index < -0.39 is 0 Å². The van der Waals surface area contributed by atoms with Crippen LogP contribution in [0.4, 0.5) is 0 Å². The van der Waals surface area contributed by atoms with Crippen LogP contribution in [0.25, 0.3) is 0 Å². The van der Waals surface area contributed by atoms with Gasteiger partial charge in [0.25, 0.3) is 0 Å². The van der Waals surface area contributed by atoms with E-state index in [-0.39, 0.29) is 11.6 Å². The molecule has 20 heavy (non-hydrogen) atoms. The SMILES string of the molecule is CCn1ccnc1C(N)C1(N2CCOCC2)CCCC1. The third-order valence-corrected chi connectivity index (χ3v) is 5.06. The molecule has 3 rings (SSSR count). The summed E-state index contributed by atoms with van der Waals surface area (Å²) in [5, 5.41) is 0. The van der Waals surface area contributed by atoms with Crippen LogP contribution in [0.1, 0.15) is 44.5 Å². The highest BCUT2D eigenvalue weighted by Crippen LogP contribution is 2.43. The zero-order valence-corrected chi connectivity index (χ0v) is 12.4. The molecule has 0 amide bonds. The van der Waals surface area contributed by atoms with Gasteiger partial charge in [-0.2, -0.15) is 0 Å². The molecule has 0 spiro atoms. The smallest absolute Gasteiger partial charge is 0.127 e. The van der Waals surface area contributed by atoms with Crippen molar-refractivity contribution in [3.05, 3.63) is 18.2 Å². The average molecular weight is 278 g/mol. The van der Waals surface area contributed by atoms with Crippen LogP contribution in [0, 0.1) is 0 Å². The predicted octanol–water partition coefficient (Wildman–Crippen LogP) is 1.55. The number of imidazole rings is 1. The summed E-state index contributed by atoms with van der Waals surface area (Å²) in [6, 6.07) is -0.00181. The van der Waals surface area contributed by atoms with Gasteiger partial charge < -0.3 is 15.0 Å². The van der Waals surface area contributed by atoms with Gasteiger partial charge in [0, 0.05) is 37.6 Å². The summed E-state index contributed by atoms with van der Waals surface area (Å²) >= 11 is 0. The molecule has 0 radical (unpaired) electrons. The van der Waals surface area contributed by atoms with E-state index in [9.17, 15) is 0 Å². The van der Waals surface area contributed by atoms with Gasteiger partial charge in [-0.15, -0.1) is 0 Å². The summed E-state index contributed by atoms with van der Waals surface area (Å²) in [6.45, 7) is 6.74. The number of nitrogens with zero attached hydrogens (tertiary/aromatic N) is 3. The summed E-state index contributed by atoms with van der Waals surface area (Å²) in [6.07, 6.45) is 8.84. The third-order valence-electron chi connectivity index (χ3n) is 5.06. The standard InChI is InChI=1S/C15H26N4O/c1-2-18-8-7-17-14(18)13(16)15(5-3-4-6-15)19-9-11-20-12-10-19/h7-8,13H,2-6,9-12,16H2,1H3. The molecule has 0 bridgehead atoms. The fourth-order valence-corrected chi connectivity index (χ4v) is 3.93. The molecule has 5 heteroatoms. The van der Waals surface area contributed by atoms with Crippen molar-refractivity contribution in [2.75, 3.05) is 26.3 Å². The summed E-state index contributed by atoms with van der Waals surface area (Å²) < 4.78 is 7.70. The van der Waals surface area contributed by atoms with Crippen LogP contribution >= 0.6 is 0 Å². The van der Waals surface area contributed by atoms with Crippen molar-refractivity contribution in [3.8, 4) is 0 Å². The van der Waals surface area contributed by atoms with E-state index in [1.807, 2.05) is 12.4 Å². The van der Waals surface area contributed by atoms with Gasteiger partial charge in [-0.25, -0.2) is 4.98 Å². The van der Waals surface area contributed by atoms with E-state index in [2.05, 4.69) is 21.4 Å². The first-order valence-electron chi connectivity index (χ1n) is 7.87. The number of hydrogen-bond acceptors (Lipinski definition) is 4. The Balaban J connectivity index is 1.89. The largest absolute Gasteiger partial charge is 0.379 e. The lowest BCUT2D eigenvalue weighted by Gasteiger charge is -2.46. The van der Waals surface area contributed by atoms with Crippen LogP contribution in [-0.4, -0.2) is 46.3 Å². The Kier molecular flexibility index (Phi) is 4.10. The Morgan fingerprint density at radius 1 is 1.35 bits per heavy atom. The maximum atomic E-state index is 6.72. The van der Waals surface area contributed by atoms with Crippen LogP contribution in [0.3, 0.4) is 0 Å². The normalized spacial score (nSPS) is 24.9. The van der Waals surface area contributed by atoms with Gasteiger partial charge in [-0.1, -0.05) is 12.8 Å². The summed E-state index contributed by atoms with van der Waals surface area (Å²) in [5.74, 6) is 1.04. The molecule has 2 aliphatic rings. The van der Waals surface area contributed by atoms with E-state index in [1.165, 1.54) is 25.7 Å². The van der Waals surface area contributed by atoms with Crippen molar-refractivity contribution in [3.63, 3.8) is 0 Å². The molecule has 2 N–H and O–H groups in total. The lowest BCUT2D eigenvalue weighted by atomic mass is 9.85. The Labute approximate surface area is 121 Å². The number of ether oxygens (including phenoxy) is 1. The Morgan fingerprint density at radius 3 is 2.70 bits per heavy atom. The van der Waals surface area contributed by atoms with Gasteiger partial charge in [0.2, 0.25) is 0 Å². The number of nitrogens with two attached hydrogens (primary N) is 1. The molecule has 1 aromatic heterocycles. The molecule has 1 aliphatic heterocycles. The van der Waals surface area contributed by atoms with Crippen molar-refractivity contribution in [1.82, 2.24) is 14.5 Å². The number of morpholine rings is 1. The molecule has 1 atom stereocenters. The average Bonchev–Trinajstić information content (AvgIpc) is 3.17. The highest BCUT2D eigenvalue weighted by atomic mass is 16.5. The lowest BCUT2D eigenvalue weighted by molar-refractivity contribution is -0.0325. The van der Waals surface area contributed by atoms with E-state index >= 15 is 0 Å². The van der Waals surface area contributed by atoms with Crippen molar-refractivity contribution in [2.45, 2.75) is 50.7 Å². The van der Waals surface area contributed by atoms with Crippen LogP contribution < -0.4 is 5.73 Å². The van der Waals surface area contributed by atoms with Crippen LogP contribution in [0.2, 0.25) is 0 Å². The number of aromatic nitrogens is 2. The van der Waals surface area contributed by atoms with E-state index in [0.717, 1.165) is 38.7 Å². The number of hydrogen-bond donors (Lipinski definition) is 1. The van der Waals surface area contributed by atoms with Crippen molar-refractivity contribution >= 4 is 0 Å². The van der Waals surface area contributed by atoms with Crippen molar-refractivity contribution < 1.29 is 4.74 Å². The van der Waals surface area contributed by atoms with Gasteiger partial charge in [0.05, 0.1) is 19.3 Å². The molecule has 1 saturated heterocycles. The molecule has 112 valence electrons. The highest BCUT2D eigenvalue weighted by molar-refractivity contribution is 5.12. The maximum Gasteiger partial charge on any atom is 0.127 e.